The van der Waals surface area contributed by atoms with E-state index in [1.807, 2.05) is 0 Å². The van der Waals surface area contributed by atoms with Gasteiger partial charge in [0.25, 0.3) is 0 Å². The number of carbonyl (C=O) groups is 1. The molecule has 0 saturated carbocycles. The van der Waals surface area contributed by atoms with Gasteiger partial charge >= 0.3 is 0 Å². The summed E-state index contributed by atoms with van der Waals surface area (Å²) in [5, 5.41) is 0. The average molecular weight is 258 g/mol. The Morgan fingerprint density at radius 3 is 2.24 bits per heavy atom. The van der Waals surface area contributed by atoms with Gasteiger partial charge in [-0.3, -0.25) is 4.79 Å². The third-order valence-electron chi connectivity index (χ3n) is 2.91. The molecule has 5 heteroatoms. The van der Waals surface area contributed by atoms with E-state index in [0.717, 1.165) is 12.3 Å². The van der Waals surface area contributed by atoms with Gasteiger partial charge in [0.15, 0.2) is 15.6 Å². The zero-order valence-electron chi connectivity index (χ0n) is 10.2. The molecule has 0 radical (unpaired) electrons. The van der Waals surface area contributed by atoms with E-state index in [0.29, 0.717) is 5.56 Å². The average Bonchev–Trinajstić information content (AvgIpc) is 2.19. The fourth-order valence-electron chi connectivity index (χ4n) is 1.25. The number of sulfone groups is 1. The fraction of sp³-hybridized carbons (Fsp3) is 0.417. The van der Waals surface area contributed by atoms with Gasteiger partial charge in [-0.25, -0.2) is 12.8 Å². The highest BCUT2D eigenvalue weighted by Gasteiger charge is 2.38. The zero-order chi connectivity index (χ0) is 13.4. The van der Waals surface area contributed by atoms with Crippen LogP contribution in [0.15, 0.2) is 18.2 Å². The van der Waals surface area contributed by atoms with Crippen LogP contribution in [0.3, 0.4) is 0 Å². The highest BCUT2D eigenvalue weighted by Crippen LogP contribution is 2.22. The van der Waals surface area contributed by atoms with Gasteiger partial charge in [-0.1, -0.05) is 12.1 Å². The monoisotopic (exact) mass is 258 g/mol. The van der Waals surface area contributed by atoms with Crippen LogP contribution in [-0.4, -0.2) is 25.2 Å². The first-order valence-corrected chi connectivity index (χ1v) is 6.97. The van der Waals surface area contributed by atoms with Gasteiger partial charge in [-0.15, -0.1) is 0 Å². The lowest BCUT2D eigenvalue weighted by atomic mass is 9.99. The second-order valence-electron chi connectivity index (χ2n) is 4.58. The zero-order valence-corrected chi connectivity index (χ0v) is 11.1. The molecular weight excluding hydrogens is 243 g/mol. The normalized spacial score (nSPS) is 12.5. The summed E-state index contributed by atoms with van der Waals surface area (Å²) in [6.45, 7) is 4.22. The molecule has 1 aromatic rings. The van der Waals surface area contributed by atoms with Crippen molar-refractivity contribution >= 4 is 15.6 Å². The molecule has 0 N–H and O–H groups in total. The fourth-order valence-corrected chi connectivity index (χ4v) is 1.70. The van der Waals surface area contributed by atoms with Crippen molar-refractivity contribution in [3.63, 3.8) is 0 Å². The molecule has 1 rings (SSSR count). The van der Waals surface area contributed by atoms with E-state index in [1.54, 1.807) is 6.92 Å². The number of halogens is 1. The number of ketones is 1. The molecule has 0 unspecified atom stereocenters. The molecule has 0 heterocycles. The van der Waals surface area contributed by atoms with E-state index in [-0.39, 0.29) is 5.56 Å². The van der Waals surface area contributed by atoms with Crippen molar-refractivity contribution in [2.45, 2.75) is 25.5 Å². The van der Waals surface area contributed by atoms with E-state index >= 15 is 0 Å². The van der Waals surface area contributed by atoms with Crippen molar-refractivity contribution in [3.05, 3.63) is 35.1 Å². The largest absolute Gasteiger partial charge is 0.292 e. The minimum absolute atomic E-state index is 0.0727. The van der Waals surface area contributed by atoms with Crippen LogP contribution in [-0.2, 0) is 9.84 Å². The van der Waals surface area contributed by atoms with Crippen molar-refractivity contribution in [3.8, 4) is 0 Å². The predicted molar refractivity (Wildman–Crippen MR) is 64.4 cm³/mol. The Morgan fingerprint density at radius 2 is 1.82 bits per heavy atom. The molecule has 17 heavy (non-hydrogen) atoms. The maximum atomic E-state index is 13.3. The molecule has 0 aliphatic carbocycles. The Labute approximate surface area is 101 Å². The third-order valence-corrected chi connectivity index (χ3v) is 4.95. The lowest BCUT2D eigenvalue weighted by molar-refractivity contribution is 0.0953. The minimum atomic E-state index is -3.54. The van der Waals surface area contributed by atoms with Crippen LogP contribution >= 0.6 is 0 Å². The number of benzene rings is 1. The number of aryl methyl sites for hydroxylation is 1. The molecule has 0 atom stereocenters. The summed E-state index contributed by atoms with van der Waals surface area (Å²) >= 11 is 0. The van der Waals surface area contributed by atoms with Crippen LogP contribution in [0.2, 0.25) is 0 Å². The Hall–Kier alpha value is -1.23. The number of carbonyl (C=O) groups excluding carboxylic acids is 1. The minimum Gasteiger partial charge on any atom is -0.292 e. The molecule has 1 aromatic carbocycles. The molecule has 0 spiro atoms. The standard InChI is InChI=1S/C12H15FO3S/c1-8-5-6-9(7-10(8)13)11(14)12(2,3)17(4,15)16/h5-7H,1-4H3. The SMILES string of the molecule is Cc1ccc(C(=O)C(C)(C)S(C)(=O)=O)cc1F. The van der Waals surface area contributed by atoms with Gasteiger partial charge in [-0.05, 0) is 32.4 Å². The highest BCUT2D eigenvalue weighted by atomic mass is 32.2. The molecule has 0 aliphatic rings. The van der Waals surface area contributed by atoms with Crippen molar-refractivity contribution in [2.24, 2.45) is 0 Å². The second-order valence-corrected chi connectivity index (χ2v) is 7.14. The first-order chi connectivity index (χ1) is 7.57. The van der Waals surface area contributed by atoms with E-state index in [2.05, 4.69) is 0 Å². The lowest BCUT2D eigenvalue weighted by Crippen LogP contribution is -2.40. The predicted octanol–water partition coefficient (Wildman–Crippen LogP) is 2.14. The molecule has 0 amide bonds. The number of hydrogen-bond acceptors (Lipinski definition) is 3. The maximum Gasteiger partial charge on any atom is 0.183 e. The van der Waals surface area contributed by atoms with Crippen LogP contribution in [0.25, 0.3) is 0 Å². The van der Waals surface area contributed by atoms with Crippen LogP contribution in [0.5, 0.6) is 0 Å². The Morgan fingerprint density at radius 1 is 1.29 bits per heavy atom. The summed E-state index contributed by atoms with van der Waals surface area (Å²) < 4.78 is 34.8. The van der Waals surface area contributed by atoms with Gasteiger partial charge in [0.2, 0.25) is 0 Å². The number of hydrogen-bond donors (Lipinski definition) is 0. The lowest BCUT2D eigenvalue weighted by Gasteiger charge is -2.20. The van der Waals surface area contributed by atoms with E-state index < -0.39 is 26.2 Å². The first kappa shape index (κ1) is 13.8. The molecule has 0 aliphatic heterocycles. The summed E-state index contributed by atoms with van der Waals surface area (Å²) in [5.41, 5.74) is 0.488. The van der Waals surface area contributed by atoms with Gasteiger partial charge < -0.3 is 0 Å². The van der Waals surface area contributed by atoms with Crippen molar-refractivity contribution in [1.29, 1.82) is 0 Å². The van der Waals surface area contributed by atoms with Crippen molar-refractivity contribution in [2.75, 3.05) is 6.26 Å². The van der Waals surface area contributed by atoms with Gasteiger partial charge in [-0.2, -0.15) is 0 Å². The van der Waals surface area contributed by atoms with E-state index in [4.69, 9.17) is 0 Å². The topological polar surface area (TPSA) is 51.2 Å². The summed E-state index contributed by atoms with van der Waals surface area (Å²) in [6, 6.07) is 3.97. The second kappa shape index (κ2) is 4.22. The smallest absolute Gasteiger partial charge is 0.183 e. The molecule has 0 saturated heterocycles. The van der Waals surface area contributed by atoms with E-state index in [9.17, 15) is 17.6 Å². The maximum absolute atomic E-state index is 13.3. The molecule has 3 nitrogen and oxygen atoms in total. The third kappa shape index (κ3) is 2.54. The van der Waals surface area contributed by atoms with Gasteiger partial charge in [0, 0.05) is 11.8 Å². The molecule has 0 fully saturated rings. The van der Waals surface area contributed by atoms with Gasteiger partial charge in [0.1, 0.15) is 10.6 Å². The number of Topliss-reactive ketones (excluding diaryl/α,β-unsaturated/α-hetero) is 1. The Bertz CT molecular complexity index is 559. The molecular formula is C12H15FO3S. The van der Waals surface area contributed by atoms with Crippen molar-refractivity contribution in [1.82, 2.24) is 0 Å². The van der Waals surface area contributed by atoms with Crippen LogP contribution < -0.4 is 0 Å². The first-order valence-electron chi connectivity index (χ1n) is 5.08. The van der Waals surface area contributed by atoms with Crippen LogP contribution in [0, 0.1) is 12.7 Å². The Balaban J connectivity index is 3.27. The summed E-state index contributed by atoms with van der Waals surface area (Å²) in [6.07, 6.45) is 0.995. The van der Waals surface area contributed by atoms with Crippen molar-refractivity contribution < 1.29 is 17.6 Å². The van der Waals surface area contributed by atoms with Crippen LogP contribution in [0.4, 0.5) is 4.39 Å². The Kier molecular flexibility index (Phi) is 3.43. The molecule has 0 aromatic heterocycles. The summed E-state index contributed by atoms with van der Waals surface area (Å²) in [4.78, 5) is 12.0. The number of rotatable bonds is 3. The summed E-state index contributed by atoms with van der Waals surface area (Å²) in [5.74, 6) is -1.11. The van der Waals surface area contributed by atoms with E-state index in [1.165, 1.54) is 26.0 Å². The molecule has 94 valence electrons. The summed E-state index contributed by atoms with van der Waals surface area (Å²) in [7, 11) is -3.54. The van der Waals surface area contributed by atoms with Crippen LogP contribution in [0.1, 0.15) is 29.8 Å². The highest BCUT2D eigenvalue weighted by molar-refractivity contribution is 7.92. The quantitative estimate of drug-likeness (QED) is 0.780. The van der Waals surface area contributed by atoms with Gasteiger partial charge in [0.05, 0.1) is 0 Å². The molecule has 0 bridgehead atoms.